The molecule has 1 aromatic carbocycles. The van der Waals surface area contributed by atoms with E-state index in [1.165, 1.54) is 6.33 Å². The number of benzene rings is 1. The van der Waals surface area contributed by atoms with Crippen LogP contribution >= 0.6 is 0 Å². The fourth-order valence-corrected chi connectivity index (χ4v) is 2.20. The summed E-state index contributed by atoms with van der Waals surface area (Å²) in [5.41, 5.74) is 2.18. The fourth-order valence-electron chi connectivity index (χ4n) is 2.20. The Morgan fingerprint density at radius 3 is 2.50 bits per heavy atom. The molecule has 1 heterocycles. The highest BCUT2D eigenvalue weighted by atomic mass is 16.5. The lowest BCUT2D eigenvalue weighted by molar-refractivity contribution is -0.143. The van der Waals surface area contributed by atoms with Crippen LogP contribution in [0, 0.1) is 0 Å². The highest BCUT2D eigenvalue weighted by Gasteiger charge is 2.16. The van der Waals surface area contributed by atoms with Gasteiger partial charge in [0.15, 0.2) is 0 Å². The lowest BCUT2D eigenvalue weighted by Crippen LogP contribution is -2.08. The molecule has 4 nitrogen and oxygen atoms in total. The summed E-state index contributed by atoms with van der Waals surface area (Å²) < 4.78 is 4.99. The second-order valence-electron chi connectivity index (χ2n) is 4.48. The summed E-state index contributed by atoms with van der Waals surface area (Å²) in [6.45, 7) is 2.24. The predicted molar refractivity (Wildman–Crippen MR) is 76.2 cm³/mol. The Morgan fingerprint density at radius 1 is 1.15 bits per heavy atom. The number of nitrogens with zero attached hydrogens (tertiary/aromatic N) is 2. The van der Waals surface area contributed by atoms with Gasteiger partial charge in [0.2, 0.25) is 0 Å². The largest absolute Gasteiger partial charge is 0.466 e. The van der Waals surface area contributed by atoms with Gasteiger partial charge in [0.25, 0.3) is 0 Å². The number of carbonyl (C=O) groups excluding carboxylic acids is 1. The SMILES string of the molecule is CCOC(=O)CCC(c1ccccc1)c1cncnc1. The Bertz CT molecular complexity index is 489. The van der Waals surface area contributed by atoms with E-state index in [1.807, 2.05) is 25.1 Å². The van der Waals surface area contributed by atoms with Gasteiger partial charge in [0, 0.05) is 24.7 Å². The molecule has 0 bridgehead atoms. The summed E-state index contributed by atoms with van der Waals surface area (Å²) in [5.74, 6) is -0.0490. The predicted octanol–water partition coefficient (Wildman–Crippen LogP) is 2.95. The molecule has 1 aromatic heterocycles. The highest BCUT2D eigenvalue weighted by molar-refractivity contribution is 5.69. The van der Waals surface area contributed by atoms with E-state index in [0.717, 1.165) is 11.1 Å². The lowest BCUT2D eigenvalue weighted by atomic mass is 9.89. The average Bonchev–Trinajstić information content (AvgIpc) is 2.50. The molecule has 0 spiro atoms. The van der Waals surface area contributed by atoms with E-state index in [2.05, 4.69) is 22.1 Å². The number of carbonyl (C=O) groups is 1. The fraction of sp³-hybridized carbons (Fsp3) is 0.312. The van der Waals surface area contributed by atoms with Crippen LogP contribution in [0.15, 0.2) is 49.1 Å². The molecule has 0 saturated heterocycles. The van der Waals surface area contributed by atoms with E-state index >= 15 is 0 Å². The van der Waals surface area contributed by atoms with Gasteiger partial charge in [-0.15, -0.1) is 0 Å². The quantitative estimate of drug-likeness (QED) is 0.757. The summed E-state index contributed by atoms with van der Waals surface area (Å²) in [4.78, 5) is 19.7. The third-order valence-electron chi connectivity index (χ3n) is 3.13. The number of aromatic nitrogens is 2. The lowest BCUT2D eigenvalue weighted by Gasteiger charge is -2.16. The van der Waals surface area contributed by atoms with E-state index in [4.69, 9.17) is 4.74 Å². The van der Waals surface area contributed by atoms with Gasteiger partial charge in [-0.1, -0.05) is 30.3 Å². The second-order valence-corrected chi connectivity index (χ2v) is 4.48. The van der Waals surface area contributed by atoms with Crippen LogP contribution in [0.1, 0.15) is 36.8 Å². The van der Waals surface area contributed by atoms with Crippen molar-refractivity contribution in [1.82, 2.24) is 9.97 Å². The summed E-state index contributed by atoms with van der Waals surface area (Å²) in [6.07, 6.45) is 6.20. The number of rotatable bonds is 6. The van der Waals surface area contributed by atoms with Crippen LogP contribution in [-0.2, 0) is 9.53 Å². The van der Waals surface area contributed by atoms with Crippen molar-refractivity contribution in [2.75, 3.05) is 6.61 Å². The first-order valence-corrected chi connectivity index (χ1v) is 6.76. The number of esters is 1. The van der Waals surface area contributed by atoms with Gasteiger partial charge in [-0.2, -0.15) is 0 Å². The van der Waals surface area contributed by atoms with E-state index in [9.17, 15) is 4.79 Å². The molecule has 2 aromatic rings. The van der Waals surface area contributed by atoms with E-state index < -0.39 is 0 Å². The molecule has 0 amide bonds. The Hall–Kier alpha value is -2.23. The zero-order chi connectivity index (χ0) is 14.2. The van der Waals surface area contributed by atoms with Crippen molar-refractivity contribution in [3.63, 3.8) is 0 Å². The zero-order valence-corrected chi connectivity index (χ0v) is 11.5. The van der Waals surface area contributed by atoms with Crippen molar-refractivity contribution < 1.29 is 9.53 Å². The summed E-state index contributed by atoms with van der Waals surface area (Å²) >= 11 is 0. The van der Waals surface area contributed by atoms with E-state index in [-0.39, 0.29) is 11.9 Å². The van der Waals surface area contributed by atoms with Crippen molar-refractivity contribution >= 4 is 5.97 Å². The van der Waals surface area contributed by atoms with Crippen molar-refractivity contribution in [3.05, 3.63) is 60.2 Å². The van der Waals surface area contributed by atoms with Crippen LogP contribution in [0.25, 0.3) is 0 Å². The topological polar surface area (TPSA) is 52.1 Å². The van der Waals surface area contributed by atoms with Crippen LogP contribution < -0.4 is 0 Å². The second kappa shape index (κ2) is 7.38. The van der Waals surface area contributed by atoms with Gasteiger partial charge in [-0.05, 0) is 24.5 Å². The normalized spacial score (nSPS) is 11.8. The average molecular weight is 270 g/mol. The summed E-state index contributed by atoms with van der Waals surface area (Å²) in [6, 6.07) is 10.1. The molecule has 4 heteroatoms. The first-order chi connectivity index (χ1) is 9.81. The maximum absolute atomic E-state index is 11.6. The summed E-state index contributed by atoms with van der Waals surface area (Å²) in [5, 5.41) is 0. The van der Waals surface area contributed by atoms with Gasteiger partial charge >= 0.3 is 5.97 Å². The van der Waals surface area contributed by atoms with Crippen LogP contribution in [0.5, 0.6) is 0 Å². The highest BCUT2D eigenvalue weighted by Crippen LogP contribution is 2.28. The third-order valence-corrected chi connectivity index (χ3v) is 3.13. The molecule has 0 fully saturated rings. The molecule has 0 N–H and O–H groups in total. The van der Waals surface area contributed by atoms with Gasteiger partial charge < -0.3 is 4.74 Å². The Kier molecular flexibility index (Phi) is 5.24. The van der Waals surface area contributed by atoms with Gasteiger partial charge in [-0.3, -0.25) is 4.79 Å². The third kappa shape index (κ3) is 3.88. The number of hydrogen-bond acceptors (Lipinski definition) is 4. The van der Waals surface area contributed by atoms with Crippen LogP contribution in [-0.4, -0.2) is 22.5 Å². The maximum Gasteiger partial charge on any atom is 0.305 e. The maximum atomic E-state index is 11.6. The molecule has 20 heavy (non-hydrogen) atoms. The molecule has 104 valence electrons. The standard InChI is InChI=1S/C16H18N2O2/c1-2-20-16(19)9-8-15(13-6-4-3-5-7-13)14-10-17-12-18-11-14/h3-7,10-12,15H,2,8-9H2,1H3. The van der Waals surface area contributed by atoms with Crippen molar-refractivity contribution in [1.29, 1.82) is 0 Å². The molecule has 1 atom stereocenters. The van der Waals surface area contributed by atoms with Gasteiger partial charge in [-0.25, -0.2) is 9.97 Å². The minimum absolute atomic E-state index is 0.113. The van der Waals surface area contributed by atoms with E-state index in [0.29, 0.717) is 19.4 Å². The molecule has 0 radical (unpaired) electrons. The Morgan fingerprint density at radius 2 is 1.85 bits per heavy atom. The zero-order valence-electron chi connectivity index (χ0n) is 11.5. The Balaban J connectivity index is 2.15. The molecular weight excluding hydrogens is 252 g/mol. The minimum Gasteiger partial charge on any atom is -0.466 e. The monoisotopic (exact) mass is 270 g/mol. The van der Waals surface area contributed by atoms with Gasteiger partial charge in [0.1, 0.15) is 6.33 Å². The molecule has 0 aliphatic heterocycles. The van der Waals surface area contributed by atoms with Crippen LogP contribution in [0.2, 0.25) is 0 Å². The molecule has 0 saturated carbocycles. The molecule has 0 aliphatic rings. The number of ether oxygens (including phenoxy) is 1. The number of hydrogen-bond donors (Lipinski definition) is 0. The summed E-state index contributed by atoms with van der Waals surface area (Å²) in [7, 11) is 0. The molecule has 0 aliphatic carbocycles. The Labute approximate surface area is 118 Å². The van der Waals surface area contributed by atoms with Crippen LogP contribution in [0.4, 0.5) is 0 Å². The van der Waals surface area contributed by atoms with Gasteiger partial charge in [0.05, 0.1) is 6.61 Å². The first kappa shape index (κ1) is 14.2. The molecule has 1 unspecified atom stereocenters. The minimum atomic E-state index is -0.162. The first-order valence-electron chi connectivity index (χ1n) is 6.76. The van der Waals surface area contributed by atoms with Crippen molar-refractivity contribution in [2.24, 2.45) is 0 Å². The smallest absolute Gasteiger partial charge is 0.305 e. The van der Waals surface area contributed by atoms with Crippen molar-refractivity contribution in [2.45, 2.75) is 25.7 Å². The van der Waals surface area contributed by atoms with Crippen LogP contribution in [0.3, 0.4) is 0 Å². The molecular formula is C16H18N2O2. The van der Waals surface area contributed by atoms with E-state index in [1.54, 1.807) is 12.4 Å². The van der Waals surface area contributed by atoms with Crippen molar-refractivity contribution in [3.8, 4) is 0 Å². The molecule has 2 rings (SSSR count).